The van der Waals surface area contributed by atoms with E-state index in [4.69, 9.17) is 10.5 Å². The van der Waals surface area contributed by atoms with Crippen LogP contribution < -0.4 is 10.5 Å². The quantitative estimate of drug-likeness (QED) is 0.885. The van der Waals surface area contributed by atoms with Crippen LogP contribution in [0.1, 0.15) is 57.6 Å². The number of ether oxygens (including phenoxy) is 1. The lowest BCUT2D eigenvalue weighted by molar-refractivity contribution is 0.0862. The molecule has 0 aromatic heterocycles. The van der Waals surface area contributed by atoms with Gasteiger partial charge < -0.3 is 10.5 Å². The number of benzene rings is 1. The van der Waals surface area contributed by atoms with E-state index in [-0.39, 0.29) is 18.0 Å². The van der Waals surface area contributed by atoms with Gasteiger partial charge in [-0.3, -0.25) is 0 Å². The van der Waals surface area contributed by atoms with Gasteiger partial charge in [-0.2, -0.15) is 0 Å². The second kappa shape index (κ2) is 6.38. The van der Waals surface area contributed by atoms with E-state index >= 15 is 0 Å². The Bertz CT molecular complexity index is 419. The summed E-state index contributed by atoms with van der Waals surface area (Å²) >= 11 is 0. The Balaban J connectivity index is 2.09. The Morgan fingerprint density at radius 1 is 1.37 bits per heavy atom. The molecule has 0 amide bonds. The molecular formula is C16H24FNO. The minimum absolute atomic E-state index is 0.151. The first-order valence-electron chi connectivity index (χ1n) is 7.33. The van der Waals surface area contributed by atoms with Crippen molar-refractivity contribution >= 4 is 0 Å². The molecule has 1 fully saturated rings. The Hall–Kier alpha value is -1.09. The van der Waals surface area contributed by atoms with Crippen LogP contribution in [-0.4, -0.2) is 6.10 Å². The molecule has 0 saturated heterocycles. The molecule has 2 nitrogen and oxygen atoms in total. The number of hydrogen-bond donors (Lipinski definition) is 1. The zero-order valence-corrected chi connectivity index (χ0v) is 11.9. The molecule has 3 atom stereocenters. The van der Waals surface area contributed by atoms with Crippen LogP contribution in [0.15, 0.2) is 18.2 Å². The summed E-state index contributed by atoms with van der Waals surface area (Å²) in [7, 11) is 0. The lowest BCUT2D eigenvalue weighted by atomic mass is 9.85. The van der Waals surface area contributed by atoms with E-state index in [1.165, 1.54) is 25.3 Å². The molecule has 0 bridgehead atoms. The number of hydrogen-bond acceptors (Lipinski definition) is 2. The van der Waals surface area contributed by atoms with E-state index in [1.807, 2.05) is 13.0 Å². The van der Waals surface area contributed by atoms with Crippen molar-refractivity contribution in [1.29, 1.82) is 0 Å². The van der Waals surface area contributed by atoms with Crippen LogP contribution in [0.25, 0.3) is 0 Å². The molecule has 1 aromatic carbocycles. The summed E-state index contributed by atoms with van der Waals surface area (Å²) < 4.78 is 19.9. The van der Waals surface area contributed by atoms with Gasteiger partial charge in [-0.15, -0.1) is 0 Å². The summed E-state index contributed by atoms with van der Waals surface area (Å²) in [5.41, 5.74) is 6.56. The van der Waals surface area contributed by atoms with Gasteiger partial charge in [-0.1, -0.05) is 19.4 Å². The zero-order chi connectivity index (χ0) is 13.8. The molecule has 2 unspecified atom stereocenters. The molecule has 0 heterocycles. The van der Waals surface area contributed by atoms with Crippen LogP contribution in [0.3, 0.4) is 0 Å². The van der Waals surface area contributed by atoms with Crippen LogP contribution in [-0.2, 0) is 0 Å². The second-order valence-corrected chi connectivity index (χ2v) is 5.59. The summed E-state index contributed by atoms with van der Waals surface area (Å²) in [6.45, 7) is 4.03. The molecule has 2 rings (SSSR count). The Kier molecular flexibility index (Phi) is 4.81. The van der Waals surface area contributed by atoms with Crippen LogP contribution in [0.4, 0.5) is 4.39 Å². The number of halogens is 1. The second-order valence-electron chi connectivity index (χ2n) is 5.59. The third kappa shape index (κ3) is 3.47. The first-order valence-corrected chi connectivity index (χ1v) is 7.33. The van der Waals surface area contributed by atoms with Crippen molar-refractivity contribution < 1.29 is 9.13 Å². The van der Waals surface area contributed by atoms with Gasteiger partial charge >= 0.3 is 0 Å². The van der Waals surface area contributed by atoms with Crippen LogP contribution in [0.2, 0.25) is 0 Å². The van der Waals surface area contributed by atoms with E-state index in [0.29, 0.717) is 11.7 Å². The predicted molar refractivity (Wildman–Crippen MR) is 75.7 cm³/mol. The van der Waals surface area contributed by atoms with Crippen molar-refractivity contribution in [3.63, 3.8) is 0 Å². The van der Waals surface area contributed by atoms with Crippen LogP contribution in [0, 0.1) is 11.7 Å². The molecule has 1 aliphatic carbocycles. The lowest BCUT2D eigenvalue weighted by Gasteiger charge is -2.31. The standard InChI is InChI=1S/C16H24FNO/c1-3-12-6-4-5-7-15(12)19-16-9-8-13(11(2)18)10-14(16)17/h8-12,15H,3-7,18H2,1-2H3/t11-,12?,15?/m1/s1. The molecular weight excluding hydrogens is 241 g/mol. The van der Waals surface area contributed by atoms with E-state index in [1.54, 1.807) is 6.07 Å². The zero-order valence-electron chi connectivity index (χ0n) is 11.9. The molecule has 0 aliphatic heterocycles. The summed E-state index contributed by atoms with van der Waals surface area (Å²) in [5, 5.41) is 0. The first-order chi connectivity index (χ1) is 9.11. The fraction of sp³-hybridized carbons (Fsp3) is 0.625. The van der Waals surface area contributed by atoms with Gasteiger partial charge in [0.25, 0.3) is 0 Å². The Labute approximate surface area is 115 Å². The molecule has 106 valence electrons. The van der Waals surface area contributed by atoms with Crippen molar-refractivity contribution in [3.05, 3.63) is 29.6 Å². The third-order valence-corrected chi connectivity index (χ3v) is 4.12. The van der Waals surface area contributed by atoms with Crippen molar-refractivity contribution in [3.8, 4) is 5.75 Å². The SMILES string of the molecule is CCC1CCCCC1Oc1ccc([C@@H](C)N)cc1F. The van der Waals surface area contributed by atoms with Crippen molar-refractivity contribution in [1.82, 2.24) is 0 Å². The summed E-state index contributed by atoms with van der Waals surface area (Å²) in [6, 6.07) is 4.91. The van der Waals surface area contributed by atoms with Crippen molar-refractivity contribution in [2.45, 2.75) is 58.1 Å². The highest BCUT2D eigenvalue weighted by molar-refractivity contribution is 5.31. The van der Waals surface area contributed by atoms with Gasteiger partial charge in [0.2, 0.25) is 0 Å². The molecule has 2 N–H and O–H groups in total. The maximum atomic E-state index is 14.0. The molecule has 1 aliphatic rings. The minimum atomic E-state index is -0.296. The monoisotopic (exact) mass is 265 g/mol. The van der Waals surface area contributed by atoms with Gasteiger partial charge in [0.05, 0.1) is 0 Å². The molecule has 0 spiro atoms. The molecule has 1 aromatic rings. The molecule has 19 heavy (non-hydrogen) atoms. The summed E-state index contributed by atoms with van der Waals surface area (Å²) in [6.07, 6.45) is 5.94. The average Bonchev–Trinajstić information content (AvgIpc) is 2.41. The van der Waals surface area contributed by atoms with Crippen molar-refractivity contribution in [2.75, 3.05) is 0 Å². The fourth-order valence-corrected chi connectivity index (χ4v) is 2.85. The first kappa shape index (κ1) is 14.3. The molecule has 0 radical (unpaired) electrons. The van der Waals surface area contributed by atoms with E-state index < -0.39 is 0 Å². The summed E-state index contributed by atoms with van der Waals surface area (Å²) in [5.74, 6) is 0.631. The smallest absolute Gasteiger partial charge is 0.165 e. The van der Waals surface area contributed by atoms with E-state index in [9.17, 15) is 4.39 Å². The van der Waals surface area contributed by atoms with Gasteiger partial charge in [-0.05, 0) is 56.2 Å². The fourth-order valence-electron chi connectivity index (χ4n) is 2.85. The third-order valence-electron chi connectivity index (χ3n) is 4.12. The maximum Gasteiger partial charge on any atom is 0.165 e. The molecule has 1 saturated carbocycles. The normalized spacial score (nSPS) is 25.1. The number of nitrogens with two attached hydrogens (primary N) is 1. The highest BCUT2D eigenvalue weighted by atomic mass is 19.1. The largest absolute Gasteiger partial charge is 0.487 e. The van der Waals surface area contributed by atoms with Gasteiger partial charge in [-0.25, -0.2) is 4.39 Å². The average molecular weight is 265 g/mol. The van der Waals surface area contributed by atoms with Gasteiger partial charge in [0.15, 0.2) is 11.6 Å². The lowest BCUT2D eigenvalue weighted by Crippen LogP contribution is -2.30. The highest BCUT2D eigenvalue weighted by Gasteiger charge is 2.26. The number of rotatable bonds is 4. The van der Waals surface area contributed by atoms with E-state index in [0.717, 1.165) is 18.4 Å². The topological polar surface area (TPSA) is 35.2 Å². The van der Waals surface area contributed by atoms with Gasteiger partial charge in [0, 0.05) is 6.04 Å². The highest BCUT2D eigenvalue weighted by Crippen LogP contribution is 2.31. The minimum Gasteiger partial charge on any atom is -0.487 e. The molecule has 3 heteroatoms. The predicted octanol–water partition coefficient (Wildman–Crippen LogP) is 4.19. The summed E-state index contributed by atoms with van der Waals surface area (Å²) in [4.78, 5) is 0. The van der Waals surface area contributed by atoms with Crippen molar-refractivity contribution in [2.24, 2.45) is 11.7 Å². The van der Waals surface area contributed by atoms with Gasteiger partial charge in [0.1, 0.15) is 6.10 Å². The Morgan fingerprint density at radius 3 is 2.74 bits per heavy atom. The van der Waals surface area contributed by atoms with Crippen LogP contribution in [0.5, 0.6) is 5.75 Å². The van der Waals surface area contributed by atoms with E-state index in [2.05, 4.69) is 6.92 Å². The van der Waals surface area contributed by atoms with Crippen LogP contribution >= 0.6 is 0 Å². The Morgan fingerprint density at radius 2 is 2.11 bits per heavy atom. The maximum absolute atomic E-state index is 14.0.